The van der Waals surface area contributed by atoms with Crippen molar-refractivity contribution in [3.05, 3.63) is 75.8 Å². The van der Waals surface area contributed by atoms with Crippen LogP contribution in [0.15, 0.2) is 65.4 Å². The zero-order chi connectivity index (χ0) is 19.5. The van der Waals surface area contributed by atoms with Crippen molar-refractivity contribution in [1.29, 1.82) is 0 Å². The largest absolute Gasteiger partial charge is 0.350 e. The molecule has 0 fully saturated rings. The van der Waals surface area contributed by atoms with Crippen LogP contribution in [0, 0.1) is 0 Å². The van der Waals surface area contributed by atoms with E-state index < -0.39 is 0 Å². The van der Waals surface area contributed by atoms with Gasteiger partial charge in [-0.15, -0.1) is 11.3 Å². The standard InChI is InChI=1S/C21H19BrN4OS/c22-17-11-18(21(27)26-12-14(23)10-13-4-2-1-3-5-13)28-19(17)15-6-8-24-20-16(15)7-9-25-20/h1-9,11,14H,10,12,23H2,(H,24,25)(H,26,27)/t14-/m1/s1. The Morgan fingerprint density at radius 3 is 2.89 bits per heavy atom. The summed E-state index contributed by atoms with van der Waals surface area (Å²) in [4.78, 5) is 21.7. The van der Waals surface area contributed by atoms with Crippen LogP contribution in [-0.2, 0) is 6.42 Å². The Balaban J connectivity index is 1.46. The minimum atomic E-state index is -0.131. The summed E-state index contributed by atoms with van der Waals surface area (Å²) in [5, 5.41) is 3.98. The average molecular weight is 455 g/mol. The summed E-state index contributed by atoms with van der Waals surface area (Å²) < 4.78 is 0.893. The number of nitrogens with two attached hydrogens (primary N) is 1. The number of aromatic nitrogens is 2. The number of pyridine rings is 1. The Morgan fingerprint density at radius 2 is 2.07 bits per heavy atom. The van der Waals surface area contributed by atoms with Crippen LogP contribution in [0.25, 0.3) is 21.5 Å². The second-order valence-electron chi connectivity index (χ2n) is 6.55. The van der Waals surface area contributed by atoms with Gasteiger partial charge in [0.1, 0.15) is 5.65 Å². The van der Waals surface area contributed by atoms with E-state index in [1.165, 1.54) is 16.9 Å². The number of H-pyrrole nitrogens is 1. The second-order valence-corrected chi connectivity index (χ2v) is 8.45. The van der Waals surface area contributed by atoms with Gasteiger partial charge in [-0.2, -0.15) is 0 Å². The number of halogens is 1. The van der Waals surface area contributed by atoms with E-state index in [0.29, 0.717) is 11.4 Å². The molecule has 0 bridgehead atoms. The molecule has 0 radical (unpaired) electrons. The van der Waals surface area contributed by atoms with E-state index >= 15 is 0 Å². The van der Waals surface area contributed by atoms with Gasteiger partial charge in [-0.1, -0.05) is 30.3 Å². The number of aromatic amines is 1. The summed E-state index contributed by atoms with van der Waals surface area (Å²) in [6.45, 7) is 0.426. The fourth-order valence-corrected chi connectivity index (χ4v) is 4.97. The summed E-state index contributed by atoms with van der Waals surface area (Å²) in [5.74, 6) is -0.111. The van der Waals surface area contributed by atoms with Crippen LogP contribution in [0.1, 0.15) is 15.2 Å². The molecule has 0 saturated heterocycles. The van der Waals surface area contributed by atoms with Gasteiger partial charge in [0.25, 0.3) is 5.91 Å². The molecular formula is C21H19BrN4OS. The zero-order valence-electron chi connectivity index (χ0n) is 15.0. The number of carbonyl (C=O) groups excluding carboxylic acids is 1. The Hall–Kier alpha value is -2.48. The molecule has 5 nitrogen and oxygen atoms in total. The van der Waals surface area contributed by atoms with E-state index in [9.17, 15) is 4.79 Å². The highest BCUT2D eigenvalue weighted by Crippen LogP contribution is 2.39. The van der Waals surface area contributed by atoms with E-state index in [2.05, 4.69) is 31.2 Å². The van der Waals surface area contributed by atoms with Crippen molar-refractivity contribution < 1.29 is 4.79 Å². The van der Waals surface area contributed by atoms with E-state index in [-0.39, 0.29) is 11.9 Å². The normalized spacial score (nSPS) is 12.2. The third-order valence-electron chi connectivity index (χ3n) is 4.48. The molecule has 1 atom stereocenters. The Morgan fingerprint density at radius 1 is 1.25 bits per heavy atom. The lowest BCUT2D eigenvalue weighted by Crippen LogP contribution is -2.38. The van der Waals surface area contributed by atoms with Gasteiger partial charge < -0.3 is 16.0 Å². The molecule has 0 aliphatic rings. The molecule has 3 heterocycles. The van der Waals surface area contributed by atoms with Crippen LogP contribution in [0.2, 0.25) is 0 Å². The molecule has 142 valence electrons. The molecule has 0 saturated carbocycles. The van der Waals surface area contributed by atoms with Crippen LogP contribution in [0.3, 0.4) is 0 Å². The number of amides is 1. The van der Waals surface area contributed by atoms with E-state index in [1.54, 1.807) is 6.20 Å². The van der Waals surface area contributed by atoms with Crippen LogP contribution < -0.4 is 11.1 Å². The molecule has 0 aliphatic carbocycles. The second kappa shape index (κ2) is 8.26. The van der Waals surface area contributed by atoms with Crippen molar-refractivity contribution in [2.24, 2.45) is 5.73 Å². The van der Waals surface area contributed by atoms with Gasteiger partial charge in [-0.3, -0.25) is 4.79 Å². The molecule has 4 aromatic rings. The number of rotatable bonds is 6. The number of nitrogens with zero attached hydrogens (tertiary/aromatic N) is 1. The lowest BCUT2D eigenvalue weighted by molar-refractivity contribution is 0.0955. The Bertz CT molecular complexity index is 1110. The number of hydrogen-bond acceptors (Lipinski definition) is 4. The van der Waals surface area contributed by atoms with E-state index in [0.717, 1.165) is 32.4 Å². The Kier molecular flexibility index (Phi) is 5.57. The molecule has 4 N–H and O–H groups in total. The molecule has 1 aromatic carbocycles. The quantitative estimate of drug-likeness (QED) is 0.404. The topological polar surface area (TPSA) is 83.8 Å². The predicted molar refractivity (Wildman–Crippen MR) is 118 cm³/mol. The molecular weight excluding hydrogens is 436 g/mol. The number of hydrogen-bond donors (Lipinski definition) is 3. The summed E-state index contributed by atoms with van der Waals surface area (Å²) in [6, 6.07) is 15.7. The highest BCUT2D eigenvalue weighted by atomic mass is 79.9. The van der Waals surface area contributed by atoms with Crippen LogP contribution >= 0.6 is 27.3 Å². The predicted octanol–water partition coefficient (Wildman–Crippen LogP) is 4.35. The summed E-state index contributed by atoms with van der Waals surface area (Å²) >= 11 is 5.05. The van der Waals surface area contributed by atoms with E-state index in [4.69, 9.17) is 5.73 Å². The van der Waals surface area contributed by atoms with Crippen molar-refractivity contribution in [3.8, 4) is 10.4 Å². The minimum absolute atomic E-state index is 0.111. The number of thiophene rings is 1. The monoisotopic (exact) mass is 454 g/mol. The third-order valence-corrected chi connectivity index (χ3v) is 6.54. The number of carbonyl (C=O) groups is 1. The highest BCUT2D eigenvalue weighted by molar-refractivity contribution is 9.10. The molecule has 28 heavy (non-hydrogen) atoms. The summed E-state index contributed by atoms with van der Waals surface area (Å²) in [5.41, 5.74) is 9.22. The van der Waals surface area contributed by atoms with Gasteiger partial charge in [0.2, 0.25) is 0 Å². The number of nitrogens with one attached hydrogen (secondary N) is 2. The maximum Gasteiger partial charge on any atom is 0.261 e. The van der Waals surface area contributed by atoms with Crippen molar-refractivity contribution in [2.75, 3.05) is 6.54 Å². The first-order valence-electron chi connectivity index (χ1n) is 8.91. The smallest absolute Gasteiger partial charge is 0.261 e. The fraction of sp³-hybridized carbons (Fsp3) is 0.143. The van der Waals surface area contributed by atoms with Crippen LogP contribution in [0.4, 0.5) is 0 Å². The average Bonchev–Trinajstić information content (AvgIpc) is 3.33. The lowest BCUT2D eigenvalue weighted by atomic mass is 10.1. The first-order chi connectivity index (χ1) is 13.6. The molecule has 3 aromatic heterocycles. The summed E-state index contributed by atoms with van der Waals surface area (Å²) in [6.07, 6.45) is 4.36. The zero-order valence-corrected chi connectivity index (χ0v) is 17.4. The Labute approximate surface area is 175 Å². The van der Waals surface area contributed by atoms with Gasteiger partial charge in [0.05, 0.1) is 9.75 Å². The summed E-state index contributed by atoms with van der Waals surface area (Å²) in [7, 11) is 0. The molecule has 7 heteroatoms. The minimum Gasteiger partial charge on any atom is -0.350 e. The van der Waals surface area contributed by atoms with Gasteiger partial charge in [0, 0.05) is 40.4 Å². The SMILES string of the molecule is N[C@@H](CNC(=O)c1cc(Br)c(-c2ccnc3[nH]ccc23)s1)Cc1ccccc1. The number of benzene rings is 1. The van der Waals surface area contributed by atoms with Gasteiger partial charge >= 0.3 is 0 Å². The van der Waals surface area contributed by atoms with Crippen LogP contribution in [-0.4, -0.2) is 28.5 Å². The van der Waals surface area contributed by atoms with Crippen molar-refractivity contribution in [3.63, 3.8) is 0 Å². The molecule has 0 unspecified atom stereocenters. The van der Waals surface area contributed by atoms with Crippen molar-refractivity contribution >= 4 is 44.2 Å². The molecule has 0 spiro atoms. The molecule has 4 rings (SSSR count). The highest BCUT2D eigenvalue weighted by Gasteiger charge is 2.17. The maximum absolute atomic E-state index is 12.6. The van der Waals surface area contributed by atoms with Gasteiger partial charge in [-0.25, -0.2) is 4.98 Å². The lowest BCUT2D eigenvalue weighted by Gasteiger charge is -2.12. The van der Waals surface area contributed by atoms with E-state index in [1.807, 2.05) is 54.7 Å². The van der Waals surface area contributed by atoms with Gasteiger partial charge in [0.15, 0.2) is 0 Å². The third kappa shape index (κ3) is 4.01. The first-order valence-corrected chi connectivity index (χ1v) is 10.5. The van der Waals surface area contributed by atoms with Crippen molar-refractivity contribution in [2.45, 2.75) is 12.5 Å². The maximum atomic E-state index is 12.6. The fourth-order valence-electron chi connectivity index (χ4n) is 3.12. The number of fused-ring (bicyclic) bond motifs is 1. The van der Waals surface area contributed by atoms with Crippen molar-refractivity contribution in [1.82, 2.24) is 15.3 Å². The molecule has 0 aliphatic heterocycles. The van der Waals surface area contributed by atoms with Gasteiger partial charge in [-0.05, 0) is 46.1 Å². The molecule has 1 amide bonds. The first kappa shape index (κ1) is 18.9. The van der Waals surface area contributed by atoms with Crippen LogP contribution in [0.5, 0.6) is 0 Å².